The van der Waals surface area contributed by atoms with Crippen molar-refractivity contribution in [2.75, 3.05) is 5.32 Å². The molecular formula is C14H10ClF2N3O. The van der Waals surface area contributed by atoms with Gasteiger partial charge in [-0.25, -0.2) is 0 Å². The first-order valence-electron chi connectivity index (χ1n) is 5.92. The monoisotopic (exact) mass is 309 g/mol. The largest absolute Gasteiger partial charge is 0.433 e. The molecule has 0 saturated heterocycles. The lowest BCUT2D eigenvalue weighted by atomic mass is 10.2. The normalized spacial score (nSPS) is 10.2. The molecule has 2 aromatic rings. The highest BCUT2D eigenvalue weighted by Crippen LogP contribution is 2.25. The Balaban J connectivity index is 2.05. The lowest BCUT2D eigenvalue weighted by Crippen LogP contribution is -2.05. The van der Waals surface area contributed by atoms with Gasteiger partial charge in [0.25, 0.3) is 0 Å². The second-order valence-electron chi connectivity index (χ2n) is 3.99. The first-order chi connectivity index (χ1) is 10.1. The van der Waals surface area contributed by atoms with Gasteiger partial charge in [-0.05, 0) is 24.3 Å². The Morgan fingerprint density at radius 2 is 2.14 bits per heavy atom. The van der Waals surface area contributed by atoms with Crippen LogP contribution in [0.3, 0.4) is 0 Å². The molecule has 0 aliphatic heterocycles. The van der Waals surface area contributed by atoms with Crippen LogP contribution in [0, 0.1) is 11.3 Å². The van der Waals surface area contributed by atoms with Crippen molar-refractivity contribution in [3.63, 3.8) is 0 Å². The molecule has 0 amide bonds. The fraction of sp³-hybridized carbons (Fsp3) is 0.143. The lowest BCUT2D eigenvalue weighted by Gasteiger charge is -2.10. The highest BCUT2D eigenvalue weighted by atomic mass is 35.5. The van der Waals surface area contributed by atoms with E-state index in [4.69, 9.17) is 16.9 Å². The number of para-hydroxylation sites is 1. The Labute approximate surface area is 124 Å². The average molecular weight is 310 g/mol. The molecule has 0 saturated carbocycles. The molecule has 0 aliphatic rings. The highest BCUT2D eigenvalue weighted by Gasteiger charge is 2.07. The van der Waals surface area contributed by atoms with E-state index in [0.29, 0.717) is 28.5 Å². The van der Waals surface area contributed by atoms with Crippen molar-refractivity contribution in [2.24, 2.45) is 0 Å². The summed E-state index contributed by atoms with van der Waals surface area (Å²) in [5.74, 6) is -0.00999. The Hall–Kier alpha value is -2.39. The van der Waals surface area contributed by atoms with Crippen molar-refractivity contribution in [1.29, 1.82) is 5.26 Å². The van der Waals surface area contributed by atoms with Crippen LogP contribution in [0.2, 0.25) is 5.02 Å². The summed E-state index contributed by atoms with van der Waals surface area (Å²) in [4.78, 5) is 3.99. The van der Waals surface area contributed by atoms with Gasteiger partial charge in [0.15, 0.2) is 0 Å². The lowest BCUT2D eigenvalue weighted by molar-refractivity contribution is -0.0500. The number of halogens is 3. The van der Waals surface area contributed by atoms with Gasteiger partial charge in [-0.15, -0.1) is 0 Å². The van der Waals surface area contributed by atoms with E-state index in [1.165, 1.54) is 12.3 Å². The summed E-state index contributed by atoms with van der Waals surface area (Å²) in [6, 6.07) is 9.96. The van der Waals surface area contributed by atoms with Crippen molar-refractivity contribution >= 4 is 17.3 Å². The van der Waals surface area contributed by atoms with E-state index in [1.807, 2.05) is 6.07 Å². The van der Waals surface area contributed by atoms with Crippen LogP contribution in [0.25, 0.3) is 0 Å². The molecule has 0 unspecified atom stereocenters. The van der Waals surface area contributed by atoms with E-state index in [0.717, 1.165) is 0 Å². The third kappa shape index (κ3) is 4.04. The molecule has 108 valence electrons. The molecule has 0 bridgehead atoms. The van der Waals surface area contributed by atoms with Gasteiger partial charge >= 0.3 is 6.61 Å². The van der Waals surface area contributed by atoms with Crippen molar-refractivity contribution in [3.8, 4) is 11.8 Å². The molecule has 7 heteroatoms. The zero-order chi connectivity index (χ0) is 15.2. The second kappa shape index (κ2) is 6.86. The molecule has 0 atom stereocenters. The van der Waals surface area contributed by atoms with Gasteiger partial charge in [0, 0.05) is 0 Å². The van der Waals surface area contributed by atoms with Gasteiger partial charge in [-0.1, -0.05) is 17.7 Å². The predicted octanol–water partition coefficient (Wildman–Crippen LogP) is 3.82. The molecule has 1 aromatic heterocycles. The highest BCUT2D eigenvalue weighted by molar-refractivity contribution is 6.33. The van der Waals surface area contributed by atoms with Crippen molar-refractivity contribution < 1.29 is 13.5 Å². The van der Waals surface area contributed by atoms with Gasteiger partial charge in [0.05, 0.1) is 34.7 Å². The fourth-order valence-electron chi connectivity index (χ4n) is 1.66. The number of hydrogen-bond donors (Lipinski definition) is 1. The number of pyridine rings is 1. The van der Waals surface area contributed by atoms with E-state index in [9.17, 15) is 8.78 Å². The van der Waals surface area contributed by atoms with Gasteiger partial charge in [0.1, 0.15) is 11.8 Å². The summed E-state index contributed by atoms with van der Waals surface area (Å²) in [6.45, 7) is -2.58. The number of rotatable bonds is 5. The van der Waals surface area contributed by atoms with E-state index < -0.39 is 6.61 Å². The van der Waals surface area contributed by atoms with Gasteiger partial charge in [-0.3, -0.25) is 4.98 Å². The van der Waals surface area contributed by atoms with Gasteiger partial charge in [0.2, 0.25) is 0 Å². The Morgan fingerprint density at radius 1 is 1.33 bits per heavy atom. The molecule has 2 rings (SSSR count). The first kappa shape index (κ1) is 15.0. The predicted molar refractivity (Wildman–Crippen MR) is 74.4 cm³/mol. The molecule has 1 N–H and O–H groups in total. The number of anilines is 1. The molecule has 4 nitrogen and oxygen atoms in total. The minimum absolute atomic E-state index is 0.00999. The smallest absolute Gasteiger partial charge is 0.387 e. The Kier molecular flexibility index (Phi) is 4.90. The third-order valence-electron chi connectivity index (χ3n) is 2.60. The summed E-state index contributed by atoms with van der Waals surface area (Å²) in [5.41, 5.74) is 1.52. The minimum atomic E-state index is -2.88. The Bertz CT molecular complexity index is 656. The number of ether oxygens (including phenoxy) is 1. The number of aromatic nitrogens is 1. The van der Waals surface area contributed by atoms with Crippen LogP contribution in [0.1, 0.15) is 11.3 Å². The number of nitriles is 1. The van der Waals surface area contributed by atoms with Crippen molar-refractivity contribution in [1.82, 2.24) is 4.98 Å². The molecule has 1 aromatic carbocycles. The van der Waals surface area contributed by atoms with Crippen LogP contribution in [0.15, 0.2) is 36.5 Å². The number of nitrogens with zero attached hydrogens (tertiary/aromatic N) is 2. The number of benzene rings is 1. The van der Waals surface area contributed by atoms with Gasteiger partial charge in [-0.2, -0.15) is 14.0 Å². The zero-order valence-electron chi connectivity index (χ0n) is 10.7. The standard InChI is InChI=1S/C14H10ClF2N3O/c15-12-3-1-2-9(6-18)13(12)20-7-10-4-5-11(8-19-10)21-14(16)17/h1-5,8,14,20H,7H2. The fourth-order valence-corrected chi connectivity index (χ4v) is 1.91. The van der Waals surface area contributed by atoms with Crippen LogP contribution >= 0.6 is 11.6 Å². The topological polar surface area (TPSA) is 57.9 Å². The molecule has 1 heterocycles. The van der Waals surface area contributed by atoms with Crippen LogP contribution in [0.4, 0.5) is 14.5 Å². The number of alkyl halides is 2. The van der Waals surface area contributed by atoms with Crippen LogP contribution < -0.4 is 10.1 Å². The second-order valence-corrected chi connectivity index (χ2v) is 4.40. The van der Waals surface area contributed by atoms with Crippen LogP contribution in [-0.2, 0) is 6.54 Å². The number of nitrogens with one attached hydrogen (secondary N) is 1. The Morgan fingerprint density at radius 3 is 2.76 bits per heavy atom. The van der Waals surface area contributed by atoms with E-state index in [1.54, 1.807) is 24.3 Å². The quantitative estimate of drug-likeness (QED) is 0.912. The van der Waals surface area contributed by atoms with E-state index in [2.05, 4.69) is 15.0 Å². The molecule has 21 heavy (non-hydrogen) atoms. The van der Waals surface area contributed by atoms with Gasteiger partial charge < -0.3 is 10.1 Å². The first-order valence-corrected chi connectivity index (χ1v) is 6.30. The van der Waals surface area contributed by atoms with Crippen molar-refractivity contribution in [2.45, 2.75) is 13.2 Å². The summed E-state index contributed by atoms with van der Waals surface area (Å²) < 4.78 is 28.2. The summed E-state index contributed by atoms with van der Waals surface area (Å²) >= 11 is 6.02. The summed E-state index contributed by atoms with van der Waals surface area (Å²) in [7, 11) is 0. The molecule has 0 spiro atoms. The number of hydrogen-bond acceptors (Lipinski definition) is 4. The van der Waals surface area contributed by atoms with Crippen LogP contribution in [0.5, 0.6) is 5.75 Å². The maximum atomic E-state index is 12.0. The van der Waals surface area contributed by atoms with E-state index in [-0.39, 0.29) is 5.75 Å². The molecule has 0 fully saturated rings. The molecular weight excluding hydrogens is 300 g/mol. The van der Waals surface area contributed by atoms with Crippen molar-refractivity contribution in [3.05, 3.63) is 52.8 Å². The zero-order valence-corrected chi connectivity index (χ0v) is 11.4. The molecule has 0 radical (unpaired) electrons. The minimum Gasteiger partial charge on any atom is -0.433 e. The average Bonchev–Trinajstić information content (AvgIpc) is 2.46. The SMILES string of the molecule is N#Cc1cccc(Cl)c1NCc1ccc(OC(F)F)cn1. The third-order valence-corrected chi connectivity index (χ3v) is 2.92. The summed E-state index contributed by atoms with van der Waals surface area (Å²) in [6.07, 6.45) is 1.21. The maximum Gasteiger partial charge on any atom is 0.387 e. The molecule has 0 aliphatic carbocycles. The maximum absolute atomic E-state index is 12.0. The van der Waals surface area contributed by atoms with Crippen LogP contribution in [-0.4, -0.2) is 11.6 Å². The van der Waals surface area contributed by atoms with E-state index >= 15 is 0 Å². The summed E-state index contributed by atoms with van der Waals surface area (Å²) in [5, 5.41) is 12.4.